The number of carbonyl (C=O) groups is 1. The summed E-state index contributed by atoms with van der Waals surface area (Å²) >= 11 is 13.7. The van der Waals surface area contributed by atoms with Gasteiger partial charge in [-0.25, -0.2) is 0 Å². The Hall–Kier alpha value is -0.130. The zero-order valence-electron chi connectivity index (χ0n) is 11.0. The molecule has 0 unspecified atom stereocenters. The fourth-order valence-corrected chi connectivity index (χ4v) is 3.28. The third kappa shape index (κ3) is 4.43. The predicted octanol–water partition coefficient (Wildman–Crippen LogP) is 3.62. The van der Waals surface area contributed by atoms with E-state index in [0.717, 1.165) is 30.8 Å². The molecule has 112 valence electrons. The summed E-state index contributed by atoms with van der Waals surface area (Å²) < 4.78 is 0. The molecule has 7 heteroatoms. The van der Waals surface area contributed by atoms with Crippen molar-refractivity contribution in [1.82, 2.24) is 10.6 Å². The van der Waals surface area contributed by atoms with E-state index >= 15 is 0 Å². The average Bonchev–Trinajstić information content (AvgIpc) is 2.40. The molecule has 1 saturated heterocycles. The molecule has 0 bridgehead atoms. The van der Waals surface area contributed by atoms with Gasteiger partial charge in [-0.1, -0.05) is 23.2 Å². The number of rotatable bonds is 3. The second-order valence-electron chi connectivity index (χ2n) is 4.46. The molecule has 1 fully saturated rings. The van der Waals surface area contributed by atoms with Crippen molar-refractivity contribution in [2.24, 2.45) is 0 Å². The van der Waals surface area contributed by atoms with Crippen molar-refractivity contribution in [3.8, 4) is 0 Å². The van der Waals surface area contributed by atoms with Crippen molar-refractivity contribution < 1.29 is 4.79 Å². The van der Waals surface area contributed by atoms with Crippen LogP contribution in [0.2, 0.25) is 10.0 Å². The summed E-state index contributed by atoms with van der Waals surface area (Å²) in [5.74, 6) is -0.121. The second-order valence-corrected chi connectivity index (χ2v) is 6.13. The zero-order valence-corrected chi connectivity index (χ0v) is 14.2. The standard InChI is InChI=1S/C13H16Cl2N2OS.ClH/c1-19-12-6-9(10(14)7-11(12)15)13(18)17-8-2-4-16-5-3-8;/h6-8,16H,2-5H2,1H3,(H,17,18);1H. The first-order valence-electron chi connectivity index (χ1n) is 6.16. The van der Waals surface area contributed by atoms with E-state index in [-0.39, 0.29) is 24.4 Å². The van der Waals surface area contributed by atoms with Crippen LogP contribution in [0.4, 0.5) is 0 Å². The summed E-state index contributed by atoms with van der Waals surface area (Å²) in [5.41, 5.74) is 0.494. The van der Waals surface area contributed by atoms with Gasteiger partial charge in [0.1, 0.15) is 0 Å². The number of hydrogen-bond donors (Lipinski definition) is 2. The fourth-order valence-electron chi connectivity index (χ4n) is 2.09. The molecule has 0 radical (unpaired) electrons. The van der Waals surface area contributed by atoms with Crippen molar-refractivity contribution in [3.05, 3.63) is 27.7 Å². The third-order valence-corrected chi connectivity index (χ3v) is 4.68. The molecule has 20 heavy (non-hydrogen) atoms. The fraction of sp³-hybridized carbons (Fsp3) is 0.462. The minimum absolute atomic E-state index is 0. The highest BCUT2D eigenvalue weighted by molar-refractivity contribution is 7.98. The molecule has 0 aromatic heterocycles. The van der Waals surface area contributed by atoms with Crippen LogP contribution in [-0.2, 0) is 0 Å². The van der Waals surface area contributed by atoms with Gasteiger partial charge in [-0.15, -0.1) is 24.2 Å². The minimum atomic E-state index is -0.121. The topological polar surface area (TPSA) is 41.1 Å². The van der Waals surface area contributed by atoms with E-state index in [1.54, 1.807) is 12.1 Å². The number of benzene rings is 1. The SMILES string of the molecule is CSc1cc(C(=O)NC2CCNCC2)c(Cl)cc1Cl.Cl. The first-order valence-corrected chi connectivity index (χ1v) is 8.14. The van der Waals surface area contributed by atoms with Gasteiger partial charge in [0, 0.05) is 10.9 Å². The van der Waals surface area contributed by atoms with Gasteiger partial charge in [-0.2, -0.15) is 0 Å². The van der Waals surface area contributed by atoms with E-state index in [2.05, 4.69) is 10.6 Å². The molecule has 1 aromatic rings. The molecule has 1 aromatic carbocycles. The highest BCUT2D eigenvalue weighted by Crippen LogP contribution is 2.31. The van der Waals surface area contributed by atoms with Crippen LogP contribution in [0.25, 0.3) is 0 Å². The van der Waals surface area contributed by atoms with E-state index in [4.69, 9.17) is 23.2 Å². The largest absolute Gasteiger partial charge is 0.349 e. The van der Waals surface area contributed by atoms with E-state index < -0.39 is 0 Å². The van der Waals surface area contributed by atoms with Crippen LogP contribution in [0.5, 0.6) is 0 Å². The Morgan fingerprint density at radius 3 is 2.55 bits per heavy atom. The summed E-state index contributed by atoms with van der Waals surface area (Å²) in [6, 6.07) is 3.61. The lowest BCUT2D eigenvalue weighted by Crippen LogP contribution is -2.42. The van der Waals surface area contributed by atoms with Crippen LogP contribution in [0.3, 0.4) is 0 Å². The van der Waals surface area contributed by atoms with Gasteiger partial charge in [0.2, 0.25) is 0 Å². The molecule has 0 aliphatic carbocycles. The van der Waals surface area contributed by atoms with Crippen LogP contribution in [0.1, 0.15) is 23.2 Å². The molecule has 1 aliphatic heterocycles. The van der Waals surface area contributed by atoms with Gasteiger partial charge in [0.05, 0.1) is 15.6 Å². The van der Waals surface area contributed by atoms with Crippen molar-refractivity contribution >= 4 is 53.3 Å². The maximum Gasteiger partial charge on any atom is 0.253 e. The predicted molar refractivity (Wildman–Crippen MR) is 88.8 cm³/mol. The number of hydrogen-bond acceptors (Lipinski definition) is 3. The highest BCUT2D eigenvalue weighted by Gasteiger charge is 2.19. The molecule has 0 atom stereocenters. The number of piperidine rings is 1. The van der Waals surface area contributed by atoms with Crippen LogP contribution < -0.4 is 10.6 Å². The Balaban J connectivity index is 0.00000200. The number of carbonyl (C=O) groups excluding carboxylic acids is 1. The van der Waals surface area contributed by atoms with Gasteiger partial charge < -0.3 is 10.6 Å². The highest BCUT2D eigenvalue weighted by atomic mass is 35.5. The molecular weight excluding hydrogens is 339 g/mol. The first kappa shape index (κ1) is 17.9. The maximum absolute atomic E-state index is 12.2. The Morgan fingerprint density at radius 2 is 1.95 bits per heavy atom. The maximum atomic E-state index is 12.2. The van der Waals surface area contributed by atoms with Crippen LogP contribution >= 0.6 is 47.4 Å². The van der Waals surface area contributed by atoms with Crippen molar-refractivity contribution in [1.29, 1.82) is 0 Å². The summed E-state index contributed by atoms with van der Waals surface area (Å²) in [6.45, 7) is 1.88. The van der Waals surface area contributed by atoms with E-state index in [1.165, 1.54) is 11.8 Å². The smallest absolute Gasteiger partial charge is 0.253 e. The molecule has 1 amide bonds. The number of halogens is 3. The molecule has 0 spiro atoms. The van der Waals surface area contributed by atoms with E-state index in [1.807, 2.05) is 6.26 Å². The number of thioether (sulfide) groups is 1. The van der Waals surface area contributed by atoms with Crippen molar-refractivity contribution in [3.63, 3.8) is 0 Å². The Morgan fingerprint density at radius 1 is 1.30 bits per heavy atom. The van der Waals surface area contributed by atoms with E-state index in [0.29, 0.717) is 15.6 Å². The van der Waals surface area contributed by atoms with Gasteiger partial charge in [0.15, 0.2) is 0 Å². The lowest BCUT2D eigenvalue weighted by molar-refractivity contribution is 0.0929. The average molecular weight is 356 g/mol. The van der Waals surface area contributed by atoms with Gasteiger partial charge in [0.25, 0.3) is 5.91 Å². The summed E-state index contributed by atoms with van der Waals surface area (Å²) in [6.07, 6.45) is 3.82. The molecule has 0 saturated carbocycles. The second kappa shape index (κ2) is 8.35. The molecular formula is C13H17Cl3N2OS. The van der Waals surface area contributed by atoms with Crippen LogP contribution in [0, 0.1) is 0 Å². The molecule has 2 N–H and O–H groups in total. The minimum Gasteiger partial charge on any atom is -0.349 e. The number of nitrogens with one attached hydrogen (secondary N) is 2. The lowest BCUT2D eigenvalue weighted by atomic mass is 10.1. The van der Waals surface area contributed by atoms with Gasteiger partial charge in [-0.05, 0) is 44.3 Å². The first-order chi connectivity index (χ1) is 9.11. The zero-order chi connectivity index (χ0) is 13.8. The molecule has 1 aliphatic rings. The van der Waals surface area contributed by atoms with Crippen LogP contribution in [-0.4, -0.2) is 31.3 Å². The Bertz CT molecular complexity index is 479. The van der Waals surface area contributed by atoms with Gasteiger partial charge in [-0.3, -0.25) is 4.79 Å². The summed E-state index contributed by atoms with van der Waals surface area (Å²) in [4.78, 5) is 13.1. The summed E-state index contributed by atoms with van der Waals surface area (Å²) in [7, 11) is 0. The monoisotopic (exact) mass is 354 g/mol. The van der Waals surface area contributed by atoms with E-state index in [9.17, 15) is 4.79 Å². The molecule has 3 nitrogen and oxygen atoms in total. The third-order valence-electron chi connectivity index (χ3n) is 3.16. The van der Waals surface area contributed by atoms with Gasteiger partial charge >= 0.3 is 0 Å². The van der Waals surface area contributed by atoms with Crippen molar-refractivity contribution in [2.45, 2.75) is 23.8 Å². The quantitative estimate of drug-likeness (QED) is 0.814. The number of amides is 1. The summed E-state index contributed by atoms with van der Waals surface area (Å²) in [5, 5.41) is 7.27. The molecule has 2 rings (SSSR count). The lowest BCUT2D eigenvalue weighted by Gasteiger charge is -2.24. The molecule has 1 heterocycles. The van der Waals surface area contributed by atoms with Crippen LogP contribution in [0.15, 0.2) is 17.0 Å². The Labute approximate surface area is 139 Å². The van der Waals surface area contributed by atoms with Crippen molar-refractivity contribution in [2.75, 3.05) is 19.3 Å². The normalized spacial score (nSPS) is 15.6. The Kier molecular flexibility index (Phi) is 7.48.